The van der Waals surface area contributed by atoms with Gasteiger partial charge in [0.25, 0.3) is 0 Å². The van der Waals surface area contributed by atoms with Gasteiger partial charge in [-0.15, -0.1) is 0 Å². The summed E-state index contributed by atoms with van der Waals surface area (Å²) in [4.78, 5) is 4.70. The number of oxazole rings is 1. The summed E-state index contributed by atoms with van der Waals surface area (Å²) >= 11 is 0. The van der Waals surface area contributed by atoms with E-state index in [0.29, 0.717) is 54.1 Å². The van der Waals surface area contributed by atoms with Gasteiger partial charge in [-0.05, 0) is 49.4 Å². The van der Waals surface area contributed by atoms with E-state index < -0.39 is 15.4 Å². The fourth-order valence-electron chi connectivity index (χ4n) is 4.82. The van der Waals surface area contributed by atoms with Crippen LogP contribution in [0, 0.1) is 5.82 Å². The molecule has 2 aliphatic rings. The summed E-state index contributed by atoms with van der Waals surface area (Å²) in [6.07, 6.45) is 5.28. The highest BCUT2D eigenvalue weighted by atomic mass is 32.2. The maximum Gasteiger partial charge on any atom is 0.208 e. The Bertz CT molecular complexity index is 1240. The van der Waals surface area contributed by atoms with Crippen molar-refractivity contribution in [3.05, 3.63) is 71.7 Å². The molecule has 1 aromatic heterocycles. The molecule has 1 N–H and O–H groups in total. The van der Waals surface area contributed by atoms with Gasteiger partial charge in [0.05, 0.1) is 11.7 Å². The van der Waals surface area contributed by atoms with Gasteiger partial charge in [0.2, 0.25) is 15.9 Å². The second kappa shape index (κ2) is 7.46. The molecule has 2 atom stereocenters. The molecule has 31 heavy (non-hydrogen) atoms. The molecule has 0 saturated heterocycles. The Kier molecular flexibility index (Phi) is 4.86. The summed E-state index contributed by atoms with van der Waals surface area (Å²) < 4.78 is 52.9. The van der Waals surface area contributed by atoms with Crippen molar-refractivity contribution < 1.29 is 22.0 Å². The lowest BCUT2D eigenvalue weighted by molar-refractivity contribution is 0.302. The monoisotopic (exact) mass is 442 g/mol. The number of benzene rings is 2. The average molecular weight is 443 g/mol. The Morgan fingerprint density at radius 1 is 1.19 bits per heavy atom. The number of nitrogens with zero attached hydrogens (tertiary/aromatic N) is 1. The molecule has 1 aliphatic heterocycles. The second-order valence-electron chi connectivity index (χ2n) is 8.53. The molecule has 6 nitrogen and oxygen atoms in total. The third-order valence-electron chi connectivity index (χ3n) is 6.12. The standard InChI is InChI=1S/C23H23FN2O4S/c1-31(27,28)26-16-8-9-23(12-16)11-15-6-7-20(24)19(10-15)18-4-2-3-5-21(18)29-13-17-14-30-22(23)25-17/h2-7,10,14,16,26H,8-9,11-13H2,1H3/t16-,23+/m0/s1. The van der Waals surface area contributed by atoms with Crippen LogP contribution < -0.4 is 9.46 Å². The van der Waals surface area contributed by atoms with Crippen molar-refractivity contribution in [2.24, 2.45) is 0 Å². The Morgan fingerprint density at radius 2 is 2.03 bits per heavy atom. The highest BCUT2D eigenvalue weighted by Crippen LogP contribution is 2.45. The quantitative estimate of drug-likeness (QED) is 0.650. The minimum atomic E-state index is -3.32. The normalized spacial score (nSPS) is 23.0. The molecule has 0 amide bonds. The number of hydrogen-bond acceptors (Lipinski definition) is 5. The van der Waals surface area contributed by atoms with Crippen molar-refractivity contribution in [1.29, 1.82) is 0 Å². The molecule has 0 unspecified atom stereocenters. The van der Waals surface area contributed by atoms with E-state index in [-0.39, 0.29) is 18.5 Å². The van der Waals surface area contributed by atoms with Crippen LogP contribution in [0.2, 0.25) is 0 Å². The fraction of sp³-hybridized carbons (Fsp3) is 0.348. The zero-order chi connectivity index (χ0) is 21.6. The van der Waals surface area contributed by atoms with Crippen LogP contribution in [0.4, 0.5) is 4.39 Å². The number of aromatic nitrogens is 1. The topological polar surface area (TPSA) is 81.4 Å². The second-order valence-corrected chi connectivity index (χ2v) is 10.3. The summed E-state index contributed by atoms with van der Waals surface area (Å²) in [6, 6.07) is 12.3. The maximum absolute atomic E-state index is 14.8. The van der Waals surface area contributed by atoms with Gasteiger partial charge >= 0.3 is 0 Å². The predicted octanol–water partition coefficient (Wildman–Crippen LogP) is 3.96. The molecular formula is C23H23FN2O4S. The number of hydrogen-bond donors (Lipinski definition) is 1. The summed E-state index contributed by atoms with van der Waals surface area (Å²) in [5, 5.41) is 0. The first kappa shape index (κ1) is 20.2. The minimum Gasteiger partial charge on any atom is -0.487 e. The summed E-state index contributed by atoms with van der Waals surface area (Å²) in [5.41, 5.74) is 2.27. The third-order valence-corrected chi connectivity index (χ3v) is 6.88. The van der Waals surface area contributed by atoms with Crippen LogP contribution in [0.3, 0.4) is 0 Å². The van der Waals surface area contributed by atoms with E-state index in [2.05, 4.69) is 4.72 Å². The van der Waals surface area contributed by atoms with E-state index in [4.69, 9.17) is 14.1 Å². The lowest BCUT2D eigenvalue weighted by Gasteiger charge is -2.27. The summed E-state index contributed by atoms with van der Waals surface area (Å²) in [7, 11) is -3.32. The van der Waals surface area contributed by atoms with Gasteiger partial charge in [-0.2, -0.15) is 0 Å². The first-order valence-corrected chi connectivity index (χ1v) is 12.1. The van der Waals surface area contributed by atoms with Crippen LogP contribution in [-0.2, 0) is 28.5 Å². The maximum atomic E-state index is 14.8. The Balaban J connectivity index is 1.61. The van der Waals surface area contributed by atoms with E-state index in [1.54, 1.807) is 12.3 Å². The van der Waals surface area contributed by atoms with Crippen molar-refractivity contribution in [3.8, 4) is 16.9 Å². The molecule has 0 radical (unpaired) electrons. The molecule has 3 aromatic rings. The molecule has 2 aromatic carbocycles. The van der Waals surface area contributed by atoms with Gasteiger partial charge in [-0.1, -0.05) is 24.3 Å². The highest BCUT2D eigenvalue weighted by Gasteiger charge is 2.45. The fourth-order valence-corrected chi connectivity index (χ4v) is 5.63. The number of nitrogens with one attached hydrogen (secondary N) is 1. The van der Waals surface area contributed by atoms with Crippen molar-refractivity contribution in [2.75, 3.05) is 6.26 Å². The molecule has 1 spiro atoms. The van der Waals surface area contributed by atoms with E-state index in [0.717, 1.165) is 5.56 Å². The number of para-hydroxylation sites is 1. The van der Waals surface area contributed by atoms with Crippen LogP contribution >= 0.6 is 0 Å². The molecule has 1 saturated carbocycles. The van der Waals surface area contributed by atoms with Crippen LogP contribution in [0.15, 0.2) is 53.1 Å². The largest absolute Gasteiger partial charge is 0.487 e. The lowest BCUT2D eigenvalue weighted by atomic mass is 9.79. The number of ether oxygens (including phenoxy) is 1. The third kappa shape index (κ3) is 3.97. The number of sulfonamides is 1. The number of halogens is 1. The molecule has 162 valence electrons. The SMILES string of the molecule is CS(=O)(=O)N[C@H]1CC[C@@]2(Cc3ccc(F)c(c3)-c3ccccc3OCc3coc2n3)C1. The highest BCUT2D eigenvalue weighted by molar-refractivity contribution is 7.88. The molecule has 1 fully saturated rings. The Morgan fingerprint density at radius 3 is 2.87 bits per heavy atom. The van der Waals surface area contributed by atoms with E-state index >= 15 is 0 Å². The molecule has 8 heteroatoms. The van der Waals surface area contributed by atoms with Gasteiger partial charge < -0.3 is 9.15 Å². The van der Waals surface area contributed by atoms with E-state index in [9.17, 15) is 12.8 Å². The predicted molar refractivity (Wildman–Crippen MR) is 114 cm³/mol. The van der Waals surface area contributed by atoms with Gasteiger partial charge in [0.15, 0.2) is 0 Å². The molecule has 5 rings (SSSR count). The molecule has 1 aliphatic carbocycles. The minimum absolute atomic E-state index is 0.197. The zero-order valence-electron chi connectivity index (χ0n) is 17.1. The van der Waals surface area contributed by atoms with Gasteiger partial charge in [0, 0.05) is 17.2 Å². The van der Waals surface area contributed by atoms with Crippen LogP contribution in [0.1, 0.15) is 36.4 Å². The summed E-state index contributed by atoms with van der Waals surface area (Å²) in [6.45, 7) is 0.197. The molecule has 2 heterocycles. The van der Waals surface area contributed by atoms with E-state index in [1.165, 1.54) is 12.3 Å². The van der Waals surface area contributed by atoms with Crippen molar-refractivity contribution >= 4 is 10.0 Å². The van der Waals surface area contributed by atoms with Crippen molar-refractivity contribution in [3.63, 3.8) is 0 Å². The van der Waals surface area contributed by atoms with Crippen LogP contribution in [-0.4, -0.2) is 25.7 Å². The lowest BCUT2D eigenvalue weighted by Crippen LogP contribution is -2.35. The zero-order valence-corrected chi connectivity index (χ0v) is 17.9. The van der Waals surface area contributed by atoms with Crippen LogP contribution in [0.5, 0.6) is 5.75 Å². The van der Waals surface area contributed by atoms with Crippen molar-refractivity contribution in [2.45, 2.75) is 43.7 Å². The Labute approximate surface area is 180 Å². The van der Waals surface area contributed by atoms with Crippen LogP contribution in [0.25, 0.3) is 11.1 Å². The average Bonchev–Trinajstić information content (AvgIpc) is 3.34. The van der Waals surface area contributed by atoms with Gasteiger partial charge in [-0.3, -0.25) is 0 Å². The molecule has 4 bridgehead atoms. The summed E-state index contributed by atoms with van der Waals surface area (Å²) in [5.74, 6) is 0.838. The molecular weight excluding hydrogens is 419 g/mol. The number of fused-ring (bicyclic) bond motifs is 7. The smallest absolute Gasteiger partial charge is 0.208 e. The Hall–Kier alpha value is -2.71. The number of rotatable bonds is 2. The van der Waals surface area contributed by atoms with Gasteiger partial charge in [0.1, 0.15) is 30.1 Å². The van der Waals surface area contributed by atoms with E-state index in [1.807, 2.05) is 30.3 Å². The van der Waals surface area contributed by atoms with Crippen molar-refractivity contribution in [1.82, 2.24) is 9.71 Å². The van der Waals surface area contributed by atoms with Gasteiger partial charge in [-0.25, -0.2) is 22.5 Å². The first-order chi connectivity index (χ1) is 14.8. The first-order valence-electron chi connectivity index (χ1n) is 10.2.